The van der Waals surface area contributed by atoms with Crippen LogP contribution in [0.2, 0.25) is 0 Å². The Balaban J connectivity index is 2.64. The van der Waals surface area contributed by atoms with Crippen LogP contribution in [0, 0.1) is 0 Å². The van der Waals surface area contributed by atoms with Gasteiger partial charge in [-0.2, -0.15) is 0 Å². The fraction of sp³-hybridized carbons (Fsp3) is 0.462. The Hall–Kier alpha value is -1.91. The van der Waals surface area contributed by atoms with Crippen LogP contribution in [0.25, 0.3) is 0 Å². The largest absolute Gasteiger partial charge is 0.494 e. The quantitative estimate of drug-likeness (QED) is 0.753. The average molecular weight is 251 g/mol. The zero-order valence-corrected chi connectivity index (χ0v) is 11.2. The number of amides is 1. The number of hydrogen-bond donors (Lipinski definition) is 2. The lowest BCUT2D eigenvalue weighted by atomic mass is 10.2. The fourth-order valence-corrected chi connectivity index (χ4v) is 1.46. The average Bonchev–Trinajstić information content (AvgIpc) is 2.34. The second-order valence-electron chi connectivity index (χ2n) is 3.99. The molecule has 0 aliphatic rings. The molecule has 0 radical (unpaired) electrons. The maximum Gasteiger partial charge on any atom is 0.241 e. The van der Waals surface area contributed by atoms with Crippen LogP contribution >= 0.6 is 0 Å². The summed E-state index contributed by atoms with van der Waals surface area (Å²) in [4.78, 5) is 13.3. The highest BCUT2D eigenvalue weighted by atomic mass is 16.5. The molecule has 0 unspecified atom stereocenters. The summed E-state index contributed by atoms with van der Waals surface area (Å²) in [5, 5.41) is 3.05. The van der Waals surface area contributed by atoms with E-state index < -0.39 is 0 Å². The van der Waals surface area contributed by atoms with Gasteiger partial charge in [0.1, 0.15) is 5.75 Å². The molecule has 0 fully saturated rings. The Kier molecular flexibility index (Phi) is 5.30. The fourth-order valence-electron chi connectivity index (χ4n) is 1.46. The molecule has 0 bridgehead atoms. The Morgan fingerprint density at radius 1 is 1.39 bits per heavy atom. The predicted octanol–water partition coefficient (Wildman–Crippen LogP) is 1.56. The van der Waals surface area contributed by atoms with E-state index in [4.69, 9.17) is 10.5 Å². The predicted molar refractivity (Wildman–Crippen MR) is 73.8 cm³/mol. The molecule has 0 saturated carbocycles. The van der Waals surface area contributed by atoms with E-state index in [-0.39, 0.29) is 12.5 Å². The van der Waals surface area contributed by atoms with E-state index in [0.29, 0.717) is 24.6 Å². The molecular formula is C13H21N3O2. The summed E-state index contributed by atoms with van der Waals surface area (Å²) >= 11 is 0. The van der Waals surface area contributed by atoms with Crippen molar-refractivity contribution in [1.82, 2.24) is 4.90 Å². The first-order valence-electron chi connectivity index (χ1n) is 6.08. The zero-order chi connectivity index (χ0) is 13.5. The van der Waals surface area contributed by atoms with Gasteiger partial charge in [-0.1, -0.05) is 0 Å². The number of nitrogens with zero attached hydrogens (tertiary/aromatic N) is 1. The first-order chi connectivity index (χ1) is 8.56. The SMILES string of the molecule is CCOc1cc(N)cc(NCC(=O)N(C)CC)c1. The summed E-state index contributed by atoms with van der Waals surface area (Å²) in [5.41, 5.74) is 7.17. The molecule has 0 aromatic heterocycles. The number of nitrogens with one attached hydrogen (secondary N) is 1. The first kappa shape index (κ1) is 14.2. The van der Waals surface area contributed by atoms with Crippen LogP contribution in [-0.4, -0.2) is 37.6 Å². The molecule has 0 heterocycles. The van der Waals surface area contributed by atoms with Gasteiger partial charge in [0, 0.05) is 37.1 Å². The molecule has 0 aliphatic carbocycles. The van der Waals surface area contributed by atoms with Crippen LogP contribution in [0.4, 0.5) is 11.4 Å². The lowest BCUT2D eigenvalue weighted by Crippen LogP contribution is -2.31. The number of nitrogens with two attached hydrogens (primary N) is 1. The summed E-state index contributed by atoms with van der Waals surface area (Å²) in [6.07, 6.45) is 0. The van der Waals surface area contributed by atoms with Crippen LogP contribution in [0.3, 0.4) is 0 Å². The second kappa shape index (κ2) is 6.74. The molecule has 0 atom stereocenters. The van der Waals surface area contributed by atoms with Crippen molar-refractivity contribution in [1.29, 1.82) is 0 Å². The third kappa shape index (κ3) is 4.16. The van der Waals surface area contributed by atoms with E-state index >= 15 is 0 Å². The first-order valence-corrected chi connectivity index (χ1v) is 6.08. The molecular weight excluding hydrogens is 230 g/mol. The second-order valence-corrected chi connectivity index (χ2v) is 3.99. The lowest BCUT2D eigenvalue weighted by Gasteiger charge is -2.16. The lowest BCUT2D eigenvalue weighted by molar-refractivity contribution is -0.127. The maximum absolute atomic E-state index is 11.6. The van der Waals surface area contributed by atoms with Crippen molar-refractivity contribution in [3.63, 3.8) is 0 Å². The number of hydrogen-bond acceptors (Lipinski definition) is 4. The topological polar surface area (TPSA) is 67.6 Å². The molecule has 18 heavy (non-hydrogen) atoms. The minimum atomic E-state index is 0.0397. The molecule has 5 nitrogen and oxygen atoms in total. The Morgan fingerprint density at radius 3 is 2.72 bits per heavy atom. The number of rotatable bonds is 6. The van der Waals surface area contributed by atoms with E-state index in [1.54, 1.807) is 24.1 Å². The van der Waals surface area contributed by atoms with Crippen molar-refractivity contribution < 1.29 is 9.53 Å². The Bertz CT molecular complexity index is 407. The van der Waals surface area contributed by atoms with Crippen molar-refractivity contribution in [2.75, 3.05) is 37.8 Å². The van der Waals surface area contributed by atoms with Gasteiger partial charge in [-0.05, 0) is 19.9 Å². The molecule has 1 rings (SSSR count). The summed E-state index contributed by atoms with van der Waals surface area (Å²) in [7, 11) is 1.77. The Morgan fingerprint density at radius 2 is 2.11 bits per heavy atom. The standard InChI is InChI=1S/C13H21N3O2/c1-4-16(3)13(17)9-15-11-6-10(14)7-12(8-11)18-5-2/h6-8,15H,4-5,9,14H2,1-3H3. The monoisotopic (exact) mass is 251 g/mol. The minimum absolute atomic E-state index is 0.0397. The van der Waals surface area contributed by atoms with Crippen molar-refractivity contribution in [3.8, 4) is 5.75 Å². The maximum atomic E-state index is 11.6. The molecule has 100 valence electrons. The van der Waals surface area contributed by atoms with Crippen molar-refractivity contribution in [2.45, 2.75) is 13.8 Å². The normalized spacial score (nSPS) is 9.94. The molecule has 5 heteroatoms. The van der Waals surface area contributed by atoms with Crippen molar-refractivity contribution in [2.24, 2.45) is 0 Å². The van der Waals surface area contributed by atoms with Crippen LogP contribution in [-0.2, 0) is 4.79 Å². The summed E-state index contributed by atoms with van der Waals surface area (Å²) in [6, 6.07) is 5.37. The highest BCUT2D eigenvalue weighted by Gasteiger charge is 2.06. The van der Waals surface area contributed by atoms with Crippen LogP contribution in [0.15, 0.2) is 18.2 Å². The number of anilines is 2. The number of benzene rings is 1. The zero-order valence-electron chi connectivity index (χ0n) is 11.2. The van der Waals surface area contributed by atoms with Crippen molar-refractivity contribution in [3.05, 3.63) is 18.2 Å². The van der Waals surface area contributed by atoms with Gasteiger partial charge in [0.25, 0.3) is 0 Å². The van der Waals surface area contributed by atoms with Gasteiger partial charge < -0.3 is 20.7 Å². The van der Waals surface area contributed by atoms with Gasteiger partial charge in [-0.15, -0.1) is 0 Å². The molecule has 0 spiro atoms. The highest BCUT2D eigenvalue weighted by Crippen LogP contribution is 2.22. The summed E-state index contributed by atoms with van der Waals surface area (Å²) in [6.45, 7) is 5.38. The van der Waals surface area contributed by atoms with E-state index in [0.717, 1.165) is 5.69 Å². The Labute approximate surface area is 108 Å². The smallest absolute Gasteiger partial charge is 0.241 e. The molecule has 1 amide bonds. The third-order valence-electron chi connectivity index (χ3n) is 2.58. The molecule has 1 aromatic rings. The molecule has 1 aromatic carbocycles. The number of nitrogen functional groups attached to an aromatic ring is 1. The number of carbonyl (C=O) groups excluding carboxylic acids is 1. The number of ether oxygens (including phenoxy) is 1. The van der Waals surface area contributed by atoms with Gasteiger partial charge >= 0.3 is 0 Å². The minimum Gasteiger partial charge on any atom is -0.494 e. The highest BCUT2D eigenvalue weighted by molar-refractivity contribution is 5.80. The van der Waals surface area contributed by atoms with Crippen LogP contribution < -0.4 is 15.8 Å². The van der Waals surface area contributed by atoms with Crippen LogP contribution in [0.1, 0.15) is 13.8 Å². The molecule has 0 aliphatic heterocycles. The van der Waals surface area contributed by atoms with E-state index in [1.807, 2.05) is 19.9 Å². The summed E-state index contributed by atoms with van der Waals surface area (Å²) < 4.78 is 5.39. The third-order valence-corrected chi connectivity index (χ3v) is 2.58. The van der Waals surface area contributed by atoms with Gasteiger partial charge in [0.15, 0.2) is 0 Å². The van der Waals surface area contributed by atoms with E-state index in [1.165, 1.54) is 0 Å². The number of likely N-dealkylation sites (N-methyl/N-ethyl adjacent to an activating group) is 1. The molecule has 3 N–H and O–H groups in total. The van der Waals surface area contributed by atoms with Gasteiger partial charge in [-0.3, -0.25) is 4.79 Å². The van der Waals surface area contributed by atoms with Gasteiger partial charge in [0.2, 0.25) is 5.91 Å². The van der Waals surface area contributed by atoms with Gasteiger partial charge in [-0.25, -0.2) is 0 Å². The van der Waals surface area contributed by atoms with E-state index in [2.05, 4.69) is 5.32 Å². The number of carbonyl (C=O) groups is 1. The summed E-state index contributed by atoms with van der Waals surface area (Å²) in [5.74, 6) is 0.745. The van der Waals surface area contributed by atoms with E-state index in [9.17, 15) is 4.79 Å². The van der Waals surface area contributed by atoms with Crippen LogP contribution in [0.5, 0.6) is 5.75 Å². The van der Waals surface area contributed by atoms with Crippen molar-refractivity contribution >= 4 is 17.3 Å². The molecule has 0 saturated heterocycles. The van der Waals surface area contributed by atoms with Gasteiger partial charge in [0.05, 0.1) is 13.2 Å².